The van der Waals surface area contributed by atoms with Crippen LogP contribution in [0.2, 0.25) is 5.28 Å². The van der Waals surface area contributed by atoms with Crippen LogP contribution in [0.1, 0.15) is 20.3 Å². The van der Waals surface area contributed by atoms with Crippen LogP contribution in [0.15, 0.2) is 9.59 Å². The summed E-state index contributed by atoms with van der Waals surface area (Å²) in [6.45, 7) is 3.36. The molecule has 2 atom stereocenters. The van der Waals surface area contributed by atoms with Crippen molar-refractivity contribution in [2.45, 2.75) is 32.9 Å². The predicted molar refractivity (Wildman–Crippen MR) is 98.6 cm³/mol. The van der Waals surface area contributed by atoms with Crippen LogP contribution >= 0.6 is 11.6 Å². The summed E-state index contributed by atoms with van der Waals surface area (Å²) < 4.78 is 8.03. The number of ether oxygens (including phenoxy) is 1. The molecule has 1 N–H and O–H groups in total. The highest BCUT2D eigenvalue weighted by molar-refractivity contribution is 6.29. The van der Waals surface area contributed by atoms with Crippen molar-refractivity contribution in [1.82, 2.24) is 24.0 Å². The maximum absolute atomic E-state index is 12.5. The van der Waals surface area contributed by atoms with Crippen LogP contribution in [-0.2, 0) is 35.0 Å². The first-order chi connectivity index (χ1) is 12.6. The van der Waals surface area contributed by atoms with E-state index < -0.39 is 29.2 Å². The second kappa shape index (κ2) is 7.95. The Morgan fingerprint density at radius 2 is 1.89 bits per heavy atom. The third kappa shape index (κ3) is 3.75. The highest BCUT2D eigenvalue weighted by Gasteiger charge is 2.27. The Balaban J connectivity index is 2.43. The summed E-state index contributed by atoms with van der Waals surface area (Å²) >= 11 is 6.09. The molecule has 0 bridgehead atoms. The number of methoxy groups -OCH3 is 1. The number of carbonyl (C=O) groups is 2. The quantitative estimate of drug-likeness (QED) is 0.530. The molecule has 27 heavy (non-hydrogen) atoms. The van der Waals surface area contributed by atoms with Gasteiger partial charge in [0.25, 0.3) is 5.56 Å². The Bertz CT molecular complexity index is 1010. The molecule has 2 aromatic heterocycles. The summed E-state index contributed by atoms with van der Waals surface area (Å²) in [4.78, 5) is 52.9. The second-order valence-electron chi connectivity index (χ2n) is 6.30. The van der Waals surface area contributed by atoms with Gasteiger partial charge in [0.05, 0.1) is 7.11 Å². The maximum Gasteiger partial charge on any atom is 0.332 e. The minimum absolute atomic E-state index is 0.0258. The number of esters is 1. The Hall–Kier alpha value is -2.62. The van der Waals surface area contributed by atoms with Gasteiger partial charge in [-0.1, -0.05) is 20.3 Å². The molecule has 0 saturated carbocycles. The number of fused-ring (bicyclic) bond motifs is 1. The van der Waals surface area contributed by atoms with Crippen molar-refractivity contribution in [2.24, 2.45) is 20.0 Å². The molecule has 2 rings (SSSR count). The average Bonchev–Trinajstić information content (AvgIpc) is 2.97. The standard InChI is InChI=1S/C16H22ClN5O5/c1-6-8(2)10(14(25)27-5)18-9(23)7-22-11-12(19-15(22)17)20(3)16(26)21(4)13(11)24/h8,10H,6-7H2,1-5H3,(H,18,23)/t8-,10-/m0/s1. The first-order valence-corrected chi connectivity index (χ1v) is 8.70. The van der Waals surface area contributed by atoms with Crippen LogP contribution in [-0.4, -0.2) is 43.7 Å². The van der Waals surface area contributed by atoms with Gasteiger partial charge >= 0.3 is 11.7 Å². The molecular formula is C16H22ClN5O5. The number of amides is 1. The van der Waals surface area contributed by atoms with Crippen molar-refractivity contribution in [3.63, 3.8) is 0 Å². The maximum atomic E-state index is 12.5. The van der Waals surface area contributed by atoms with E-state index in [0.717, 1.165) is 4.57 Å². The Kier molecular flexibility index (Phi) is 6.09. The third-order valence-electron chi connectivity index (χ3n) is 4.59. The van der Waals surface area contributed by atoms with Gasteiger partial charge in [0.1, 0.15) is 12.6 Å². The van der Waals surface area contributed by atoms with Crippen LogP contribution in [0.4, 0.5) is 0 Å². The number of rotatable bonds is 6. The van der Waals surface area contributed by atoms with E-state index in [9.17, 15) is 19.2 Å². The van der Waals surface area contributed by atoms with E-state index in [-0.39, 0.29) is 28.9 Å². The monoisotopic (exact) mass is 399 g/mol. The molecule has 0 radical (unpaired) electrons. The largest absolute Gasteiger partial charge is 0.467 e. The number of nitrogens with one attached hydrogen (secondary N) is 1. The number of hydrogen-bond acceptors (Lipinski definition) is 6. The van der Waals surface area contributed by atoms with Gasteiger partial charge in [-0.25, -0.2) is 9.59 Å². The van der Waals surface area contributed by atoms with Gasteiger partial charge < -0.3 is 10.1 Å². The Morgan fingerprint density at radius 3 is 2.44 bits per heavy atom. The number of carbonyl (C=O) groups excluding carboxylic acids is 2. The number of imidazole rings is 1. The van der Waals surface area contributed by atoms with Crippen LogP contribution < -0.4 is 16.6 Å². The van der Waals surface area contributed by atoms with Crippen LogP contribution in [0.25, 0.3) is 11.2 Å². The van der Waals surface area contributed by atoms with E-state index in [1.807, 2.05) is 13.8 Å². The molecule has 10 nitrogen and oxygen atoms in total. The molecule has 0 fully saturated rings. The number of hydrogen-bond donors (Lipinski definition) is 1. The lowest BCUT2D eigenvalue weighted by molar-refractivity contribution is -0.146. The van der Waals surface area contributed by atoms with Crippen molar-refractivity contribution in [3.05, 3.63) is 26.1 Å². The highest BCUT2D eigenvalue weighted by Crippen LogP contribution is 2.16. The van der Waals surface area contributed by atoms with Gasteiger partial charge in [0.2, 0.25) is 11.2 Å². The summed E-state index contributed by atoms with van der Waals surface area (Å²) in [6.07, 6.45) is 0.650. The average molecular weight is 400 g/mol. The molecular weight excluding hydrogens is 378 g/mol. The lowest BCUT2D eigenvalue weighted by Gasteiger charge is -2.22. The summed E-state index contributed by atoms with van der Waals surface area (Å²) in [5.41, 5.74) is -1.07. The van der Waals surface area contributed by atoms with Gasteiger partial charge in [0.15, 0.2) is 11.2 Å². The molecule has 148 valence electrons. The van der Waals surface area contributed by atoms with E-state index in [4.69, 9.17) is 16.3 Å². The minimum Gasteiger partial charge on any atom is -0.467 e. The first-order valence-electron chi connectivity index (χ1n) is 8.32. The van der Waals surface area contributed by atoms with E-state index in [1.165, 1.54) is 30.3 Å². The van der Waals surface area contributed by atoms with E-state index in [0.29, 0.717) is 6.42 Å². The topological polar surface area (TPSA) is 117 Å². The van der Waals surface area contributed by atoms with E-state index in [1.54, 1.807) is 0 Å². The fourth-order valence-electron chi connectivity index (χ4n) is 2.72. The highest BCUT2D eigenvalue weighted by atomic mass is 35.5. The van der Waals surface area contributed by atoms with Crippen molar-refractivity contribution < 1.29 is 14.3 Å². The van der Waals surface area contributed by atoms with Crippen molar-refractivity contribution >= 4 is 34.6 Å². The number of nitrogens with zero attached hydrogens (tertiary/aromatic N) is 4. The molecule has 0 saturated heterocycles. The van der Waals surface area contributed by atoms with Crippen molar-refractivity contribution in [2.75, 3.05) is 7.11 Å². The molecule has 0 aliphatic heterocycles. The van der Waals surface area contributed by atoms with Crippen molar-refractivity contribution in [1.29, 1.82) is 0 Å². The zero-order valence-corrected chi connectivity index (χ0v) is 16.5. The predicted octanol–water partition coefficient (Wildman–Crippen LogP) is -0.209. The zero-order chi connectivity index (χ0) is 20.5. The van der Waals surface area contributed by atoms with E-state index >= 15 is 0 Å². The van der Waals surface area contributed by atoms with Gasteiger partial charge in [-0.05, 0) is 17.5 Å². The zero-order valence-electron chi connectivity index (χ0n) is 15.8. The van der Waals surface area contributed by atoms with Gasteiger partial charge in [-0.15, -0.1) is 0 Å². The van der Waals surface area contributed by atoms with E-state index in [2.05, 4.69) is 10.3 Å². The minimum atomic E-state index is -0.826. The molecule has 0 spiro atoms. The van der Waals surface area contributed by atoms with Crippen LogP contribution in [0, 0.1) is 5.92 Å². The molecule has 2 aromatic rings. The van der Waals surface area contributed by atoms with Gasteiger partial charge in [-0.2, -0.15) is 4.98 Å². The lowest BCUT2D eigenvalue weighted by atomic mass is 9.99. The molecule has 0 unspecified atom stereocenters. The summed E-state index contributed by atoms with van der Waals surface area (Å²) in [7, 11) is 4.02. The second-order valence-corrected chi connectivity index (χ2v) is 6.64. The molecule has 0 aromatic carbocycles. The summed E-state index contributed by atoms with van der Waals surface area (Å²) in [5.74, 6) is -1.24. The summed E-state index contributed by atoms with van der Waals surface area (Å²) in [6, 6.07) is -0.826. The fraction of sp³-hybridized carbons (Fsp3) is 0.562. The van der Waals surface area contributed by atoms with Crippen LogP contribution in [0.3, 0.4) is 0 Å². The van der Waals surface area contributed by atoms with Gasteiger partial charge in [-0.3, -0.25) is 23.3 Å². The number of aromatic nitrogens is 4. The van der Waals surface area contributed by atoms with Crippen LogP contribution in [0.5, 0.6) is 0 Å². The SMILES string of the molecule is CC[C@H](C)[C@H](NC(=O)Cn1c(Cl)nc2c1c(=O)n(C)c(=O)n2C)C(=O)OC. The molecule has 0 aliphatic rings. The Labute approximate surface area is 159 Å². The smallest absolute Gasteiger partial charge is 0.332 e. The molecule has 11 heteroatoms. The lowest BCUT2D eigenvalue weighted by Crippen LogP contribution is -2.47. The normalized spacial score (nSPS) is 13.4. The fourth-order valence-corrected chi connectivity index (χ4v) is 2.95. The third-order valence-corrected chi connectivity index (χ3v) is 4.88. The van der Waals surface area contributed by atoms with Crippen molar-refractivity contribution in [3.8, 4) is 0 Å². The Morgan fingerprint density at radius 1 is 1.26 bits per heavy atom. The molecule has 2 heterocycles. The molecule has 1 amide bonds. The first kappa shape index (κ1) is 20.7. The number of aryl methyl sites for hydroxylation is 1. The molecule has 0 aliphatic carbocycles. The summed E-state index contributed by atoms with van der Waals surface area (Å²) in [5, 5.41) is 2.50. The number of halogens is 1. The van der Waals surface area contributed by atoms with Gasteiger partial charge in [0, 0.05) is 14.1 Å².